The quantitative estimate of drug-likeness (QED) is 0.742. The fraction of sp³-hybridized carbons (Fsp3) is 0.250. The molecule has 2 aromatic rings. The van der Waals surface area contributed by atoms with Crippen molar-refractivity contribution in [2.75, 3.05) is 5.32 Å². The Hall–Kier alpha value is -1.49. The Balaban J connectivity index is 1.85. The minimum Gasteiger partial charge on any atom is -0.378 e. The van der Waals surface area contributed by atoms with Crippen LogP contribution in [-0.2, 0) is 12.6 Å². The summed E-state index contributed by atoms with van der Waals surface area (Å²) in [5.74, 6) is 0. The second kappa shape index (κ2) is 5.37. The van der Waals surface area contributed by atoms with Gasteiger partial charge in [-0.2, -0.15) is 13.2 Å². The van der Waals surface area contributed by atoms with Crippen LogP contribution in [0.3, 0.4) is 0 Å². The Labute approximate surface area is 129 Å². The molecule has 21 heavy (non-hydrogen) atoms. The van der Waals surface area contributed by atoms with E-state index < -0.39 is 11.7 Å². The topological polar surface area (TPSA) is 12.0 Å². The Kier molecular flexibility index (Phi) is 3.69. The third-order valence-electron chi connectivity index (χ3n) is 3.74. The second-order valence-corrected chi connectivity index (χ2v) is 5.98. The van der Waals surface area contributed by atoms with E-state index in [0.717, 1.165) is 35.0 Å². The fourth-order valence-corrected chi connectivity index (χ4v) is 3.33. The standard InChI is InChI=1S/C16H13BrF3N/c17-14-6-2-5-13-12(14)7-8-15(13)21-11-4-1-3-10(9-11)16(18,19)20/h1-6,9,15,21H,7-8H2. The normalized spacial score (nSPS) is 17.6. The van der Waals surface area contributed by atoms with Gasteiger partial charge in [0.2, 0.25) is 0 Å². The largest absolute Gasteiger partial charge is 0.416 e. The van der Waals surface area contributed by atoms with Crippen molar-refractivity contribution in [3.05, 3.63) is 63.6 Å². The van der Waals surface area contributed by atoms with Crippen LogP contribution in [-0.4, -0.2) is 0 Å². The number of nitrogens with one attached hydrogen (secondary N) is 1. The third kappa shape index (κ3) is 2.93. The molecular formula is C16H13BrF3N. The van der Waals surface area contributed by atoms with Gasteiger partial charge < -0.3 is 5.32 Å². The lowest BCUT2D eigenvalue weighted by Crippen LogP contribution is -2.09. The van der Waals surface area contributed by atoms with Crippen molar-refractivity contribution in [3.63, 3.8) is 0 Å². The van der Waals surface area contributed by atoms with Crippen molar-refractivity contribution >= 4 is 21.6 Å². The maximum absolute atomic E-state index is 12.7. The molecule has 0 saturated heterocycles. The predicted octanol–water partition coefficient (Wildman–Crippen LogP) is 5.57. The summed E-state index contributed by atoms with van der Waals surface area (Å²) in [5.41, 5.74) is 2.27. The number of hydrogen-bond donors (Lipinski definition) is 1. The molecule has 0 aliphatic heterocycles. The molecule has 1 nitrogen and oxygen atoms in total. The Morgan fingerprint density at radius 2 is 1.86 bits per heavy atom. The van der Waals surface area contributed by atoms with Gasteiger partial charge in [0, 0.05) is 10.2 Å². The first kappa shape index (κ1) is 14.4. The van der Waals surface area contributed by atoms with Crippen molar-refractivity contribution in [3.8, 4) is 0 Å². The average molecular weight is 356 g/mol. The zero-order chi connectivity index (χ0) is 15.0. The molecule has 110 valence electrons. The van der Waals surface area contributed by atoms with Gasteiger partial charge in [-0.1, -0.05) is 34.1 Å². The number of anilines is 1. The van der Waals surface area contributed by atoms with Crippen molar-refractivity contribution in [2.45, 2.75) is 25.1 Å². The van der Waals surface area contributed by atoms with Crippen LogP contribution in [0.5, 0.6) is 0 Å². The van der Waals surface area contributed by atoms with Crippen LogP contribution in [0.15, 0.2) is 46.9 Å². The summed E-state index contributed by atoms with van der Waals surface area (Å²) in [7, 11) is 0. The molecule has 1 aliphatic carbocycles. The number of alkyl halides is 3. The monoisotopic (exact) mass is 355 g/mol. The Bertz CT molecular complexity index is 667. The molecule has 0 bridgehead atoms. The van der Waals surface area contributed by atoms with Crippen LogP contribution in [0, 0.1) is 0 Å². The van der Waals surface area contributed by atoms with Crippen molar-refractivity contribution < 1.29 is 13.2 Å². The maximum atomic E-state index is 12.7. The minimum absolute atomic E-state index is 0.0565. The van der Waals surface area contributed by atoms with E-state index in [1.165, 1.54) is 11.6 Å². The summed E-state index contributed by atoms with van der Waals surface area (Å²) in [6.45, 7) is 0. The number of benzene rings is 2. The lowest BCUT2D eigenvalue weighted by atomic mass is 10.1. The molecule has 0 fully saturated rings. The van der Waals surface area contributed by atoms with Crippen LogP contribution >= 0.6 is 15.9 Å². The number of fused-ring (bicyclic) bond motifs is 1. The van der Waals surface area contributed by atoms with E-state index in [0.29, 0.717) is 5.69 Å². The van der Waals surface area contributed by atoms with E-state index in [4.69, 9.17) is 0 Å². The van der Waals surface area contributed by atoms with Crippen LogP contribution in [0.4, 0.5) is 18.9 Å². The van der Waals surface area contributed by atoms with E-state index in [-0.39, 0.29) is 6.04 Å². The average Bonchev–Trinajstić information content (AvgIpc) is 2.83. The second-order valence-electron chi connectivity index (χ2n) is 5.12. The van der Waals surface area contributed by atoms with Crippen LogP contribution in [0.25, 0.3) is 0 Å². The molecule has 1 unspecified atom stereocenters. The SMILES string of the molecule is FC(F)(F)c1cccc(NC2CCc3c(Br)cccc32)c1. The molecule has 5 heteroatoms. The molecule has 0 radical (unpaired) electrons. The maximum Gasteiger partial charge on any atom is 0.416 e. The Morgan fingerprint density at radius 3 is 2.62 bits per heavy atom. The van der Waals surface area contributed by atoms with Gasteiger partial charge >= 0.3 is 6.18 Å². The van der Waals surface area contributed by atoms with Gasteiger partial charge in [0.15, 0.2) is 0 Å². The first-order valence-corrected chi connectivity index (χ1v) is 7.45. The summed E-state index contributed by atoms with van der Waals surface area (Å²) < 4.78 is 39.3. The van der Waals surface area contributed by atoms with E-state index >= 15 is 0 Å². The smallest absolute Gasteiger partial charge is 0.378 e. The predicted molar refractivity (Wildman–Crippen MR) is 80.3 cm³/mol. The molecule has 2 aromatic carbocycles. The van der Waals surface area contributed by atoms with Gasteiger partial charge in [-0.3, -0.25) is 0 Å². The van der Waals surface area contributed by atoms with Gasteiger partial charge in [0.25, 0.3) is 0 Å². The van der Waals surface area contributed by atoms with Gasteiger partial charge in [-0.05, 0) is 48.2 Å². The Morgan fingerprint density at radius 1 is 1.10 bits per heavy atom. The van der Waals surface area contributed by atoms with Gasteiger partial charge in [-0.25, -0.2) is 0 Å². The molecular weight excluding hydrogens is 343 g/mol. The number of hydrogen-bond acceptors (Lipinski definition) is 1. The number of rotatable bonds is 2. The van der Waals surface area contributed by atoms with Crippen molar-refractivity contribution in [2.24, 2.45) is 0 Å². The first-order chi connectivity index (χ1) is 9.95. The molecule has 1 atom stereocenters. The minimum atomic E-state index is -4.31. The highest BCUT2D eigenvalue weighted by molar-refractivity contribution is 9.10. The highest BCUT2D eigenvalue weighted by Crippen LogP contribution is 2.38. The lowest BCUT2D eigenvalue weighted by Gasteiger charge is -2.17. The van der Waals surface area contributed by atoms with Crippen LogP contribution in [0.2, 0.25) is 0 Å². The van der Waals surface area contributed by atoms with Gasteiger partial charge in [-0.15, -0.1) is 0 Å². The van der Waals surface area contributed by atoms with E-state index in [9.17, 15) is 13.2 Å². The summed E-state index contributed by atoms with van der Waals surface area (Å²) >= 11 is 3.52. The number of halogens is 4. The summed E-state index contributed by atoms with van der Waals surface area (Å²) in [6.07, 6.45) is -2.50. The van der Waals surface area contributed by atoms with E-state index in [2.05, 4.69) is 21.2 Å². The molecule has 0 heterocycles. The molecule has 1 aliphatic rings. The molecule has 0 saturated carbocycles. The van der Waals surface area contributed by atoms with Crippen molar-refractivity contribution in [1.82, 2.24) is 0 Å². The van der Waals surface area contributed by atoms with Gasteiger partial charge in [0.05, 0.1) is 11.6 Å². The zero-order valence-electron chi connectivity index (χ0n) is 11.0. The summed E-state index contributed by atoms with van der Waals surface area (Å²) in [5, 5.41) is 3.22. The third-order valence-corrected chi connectivity index (χ3v) is 4.49. The van der Waals surface area contributed by atoms with Crippen molar-refractivity contribution in [1.29, 1.82) is 0 Å². The van der Waals surface area contributed by atoms with Crippen LogP contribution < -0.4 is 5.32 Å². The highest BCUT2D eigenvalue weighted by Gasteiger charge is 2.31. The highest BCUT2D eigenvalue weighted by atomic mass is 79.9. The molecule has 0 amide bonds. The van der Waals surface area contributed by atoms with Gasteiger partial charge in [0.1, 0.15) is 0 Å². The van der Waals surface area contributed by atoms with E-state index in [1.54, 1.807) is 6.07 Å². The van der Waals surface area contributed by atoms with Crippen LogP contribution in [0.1, 0.15) is 29.2 Å². The molecule has 1 N–H and O–H groups in total. The lowest BCUT2D eigenvalue weighted by molar-refractivity contribution is -0.137. The summed E-state index contributed by atoms with van der Waals surface area (Å²) in [6, 6.07) is 11.4. The molecule has 3 rings (SSSR count). The zero-order valence-corrected chi connectivity index (χ0v) is 12.6. The summed E-state index contributed by atoms with van der Waals surface area (Å²) in [4.78, 5) is 0. The molecule has 0 spiro atoms. The fourth-order valence-electron chi connectivity index (χ4n) is 2.75. The first-order valence-electron chi connectivity index (χ1n) is 6.66. The molecule has 0 aromatic heterocycles. The van der Waals surface area contributed by atoms with E-state index in [1.807, 2.05) is 18.2 Å².